The fourth-order valence-corrected chi connectivity index (χ4v) is 3.00. The SMILES string of the molecule is Cc1ccc(C)c(OCC(O)CN(Cc2ccccc2F)C2CC2)c1. The van der Waals surface area contributed by atoms with Gasteiger partial charge in [0.1, 0.15) is 24.3 Å². The summed E-state index contributed by atoms with van der Waals surface area (Å²) in [5, 5.41) is 10.4. The van der Waals surface area contributed by atoms with Crippen molar-refractivity contribution in [3.63, 3.8) is 0 Å². The third kappa shape index (κ3) is 5.03. The van der Waals surface area contributed by atoms with Crippen LogP contribution in [0.5, 0.6) is 5.75 Å². The Morgan fingerprint density at radius 1 is 1.20 bits per heavy atom. The Balaban J connectivity index is 1.57. The second-order valence-corrected chi connectivity index (χ2v) is 6.99. The minimum absolute atomic E-state index is 0.186. The summed E-state index contributed by atoms with van der Waals surface area (Å²) in [6.07, 6.45) is 1.62. The van der Waals surface area contributed by atoms with Gasteiger partial charge in [0.25, 0.3) is 0 Å². The van der Waals surface area contributed by atoms with E-state index in [-0.39, 0.29) is 12.4 Å². The van der Waals surface area contributed by atoms with Gasteiger partial charge < -0.3 is 9.84 Å². The summed E-state index contributed by atoms with van der Waals surface area (Å²) >= 11 is 0. The molecule has 25 heavy (non-hydrogen) atoms. The molecule has 0 heterocycles. The molecule has 0 saturated heterocycles. The maximum absolute atomic E-state index is 13.9. The molecule has 1 unspecified atom stereocenters. The topological polar surface area (TPSA) is 32.7 Å². The first-order valence-electron chi connectivity index (χ1n) is 8.88. The molecule has 2 aromatic carbocycles. The largest absolute Gasteiger partial charge is 0.491 e. The second kappa shape index (κ2) is 7.98. The van der Waals surface area contributed by atoms with E-state index in [1.807, 2.05) is 44.2 Å². The summed E-state index contributed by atoms with van der Waals surface area (Å²) in [4.78, 5) is 2.16. The third-order valence-electron chi connectivity index (χ3n) is 4.61. The van der Waals surface area contributed by atoms with Crippen molar-refractivity contribution in [1.82, 2.24) is 4.90 Å². The standard InChI is InChI=1S/C21H26FNO2/c1-15-7-8-16(2)21(11-15)25-14-19(24)13-23(18-9-10-18)12-17-5-3-4-6-20(17)22/h3-8,11,18-19,24H,9-10,12-14H2,1-2H3. The van der Waals surface area contributed by atoms with Gasteiger partial charge in [0.2, 0.25) is 0 Å². The fraction of sp³-hybridized carbons (Fsp3) is 0.429. The summed E-state index contributed by atoms with van der Waals surface area (Å²) in [5.41, 5.74) is 2.87. The lowest BCUT2D eigenvalue weighted by Crippen LogP contribution is -2.37. The Kier molecular flexibility index (Phi) is 5.71. The zero-order valence-corrected chi connectivity index (χ0v) is 14.9. The zero-order valence-electron chi connectivity index (χ0n) is 14.9. The molecule has 1 aliphatic carbocycles. The molecule has 0 amide bonds. The highest BCUT2D eigenvalue weighted by molar-refractivity contribution is 5.35. The van der Waals surface area contributed by atoms with Crippen LogP contribution in [0.3, 0.4) is 0 Å². The van der Waals surface area contributed by atoms with Crippen LogP contribution in [0.15, 0.2) is 42.5 Å². The molecule has 3 rings (SSSR count). The van der Waals surface area contributed by atoms with Gasteiger partial charge in [0.15, 0.2) is 0 Å². The molecular weight excluding hydrogens is 317 g/mol. The fourth-order valence-electron chi connectivity index (χ4n) is 3.00. The van der Waals surface area contributed by atoms with E-state index in [0.29, 0.717) is 24.7 Å². The van der Waals surface area contributed by atoms with Gasteiger partial charge >= 0.3 is 0 Å². The number of benzene rings is 2. The molecule has 0 bridgehead atoms. The van der Waals surface area contributed by atoms with Gasteiger partial charge in [-0.1, -0.05) is 30.3 Å². The quantitative estimate of drug-likeness (QED) is 0.790. The van der Waals surface area contributed by atoms with E-state index in [4.69, 9.17) is 4.74 Å². The number of halogens is 1. The number of aliphatic hydroxyl groups is 1. The average molecular weight is 343 g/mol. The van der Waals surface area contributed by atoms with Crippen molar-refractivity contribution in [3.8, 4) is 5.75 Å². The normalized spacial score (nSPS) is 15.4. The molecule has 0 radical (unpaired) electrons. The molecule has 1 atom stereocenters. The molecule has 0 aliphatic heterocycles. The summed E-state index contributed by atoms with van der Waals surface area (Å²) < 4.78 is 19.7. The minimum atomic E-state index is -0.604. The lowest BCUT2D eigenvalue weighted by Gasteiger charge is -2.25. The molecule has 1 saturated carbocycles. The monoisotopic (exact) mass is 343 g/mol. The Hall–Kier alpha value is -1.91. The van der Waals surface area contributed by atoms with Crippen LogP contribution in [0.1, 0.15) is 29.5 Å². The van der Waals surface area contributed by atoms with Crippen LogP contribution >= 0.6 is 0 Å². The number of hydrogen-bond donors (Lipinski definition) is 1. The molecule has 1 N–H and O–H groups in total. The van der Waals surface area contributed by atoms with Gasteiger partial charge in [0.05, 0.1) is 0 Å². The van der Waals surface area contributed by atoms with Gasteiger partial charge in [-0.05, 0) is 49.9 Å². The zero-order chi connectivity index (χ0) is 17.8. The first kappa shape index (κ1) is 17.9. The number of nitrogens with zero attached hydrogens (tertiary/aromatic N) is 1. The van der Waals surface area contributed by atoms with E-state index in [1.165, 1.54) is 6.07 Å². The van der Waals surface area contributed by atoms with Gasteiger partial charge in [0, 0.05) is 24.7 Å². The molecule has 0 spiro atoms. The average Bonchev–Trinajstić information content (AvgIpc) is 3.42. The first-order valence-corrected chi connectivity index (χ1v) is 8.88. The second-order valence-electron chi connectivity index (χ2n) is 6.99. The van der Waals surface area contributed by atoms with Gasteiger partial charge in [-0.25, -0.2) is 4.39 Å². The highest BCUT2D eigenvalue weighted by Crippen LogP contribution is 2.29. The number of ether oxygens (including phenoxy) is 1. The van der Waals surface area contributed by atoms with E-state index in [9.17, 15) is 9.50 Å². The van der Waals surface area contributed by atoms with Crippen LogP contribution in [0.25, 0.3) is 0 Å². The Bertz CT molecular complexity index is 715. The van der Waals surface area contributed by atoms with E-state index >= 15 is 0 Å². The van der Waals surface area contributed by atoms with Crippen LogP contribution in [0, 0.1) is 19.7 Å². The van der Waals surface area contributed by atoms with Crippen LogP contribution in [-0.4, -0.2) is 35.3 Å². The maximum Gasteiger partial charge on any atom is 0.127 e. The Morgan fingerprint density at radius 2 is 1.96 bits per heavy atom. The smallest absolute Gasteiger partial charge is 0.127 e. The molecule has 1 fully saturated rings. The summed E-state index contributed by atoms with van der Waals surface area (Å²) in [7, 11) is 0. The lowest BCUT2D eigenvalue weighted by molar-refractivity contribution is 0.0620. The van der Waals surface area contributed by atoms with Gasteiger partial charge in [-0.15, -0.1) is 0 Å². The lowest BCUT2D eigenvalue weighted by atomic mass is 10.1. The van der Waals surface area contributed by atoms with E-state index in [2.05, 4.69) is 4.90 Å². The van der Waals surface area contributed by atoms with Crippen molar-refractivity contribution in [2.45, 2.75) is 45.4 Å². The van der Waals surface area contributed by atoms with Crippen molar-refractivity contribution < 1.29 is 14.2 Å². The molecular formula is C21H26FNO2. The highest BCUT2D eigenvalue weighted by atomic mass is 19.1. The molecule has 134 valence electrons. The van der Waals surface area contributed by atoms with Gasteiger partial charge in [-0.2, -0.15) is 0 Å². The number of rotatable bonds is 8. The number of hydrogen-bond acceptors (Lipinski definition) is 3. The number of aryl methyl sites for hydroxylation is 2. The van der Waals surface area contributed by atoms with Gasteiger partial charge in [-0.3, -0.25) is 4.90 Å². The summed E-state index contributed by atoms with van der Waals surface area (Å²) in [6, 6.07) is 13.3. The summed E-state index contributed by atoms with van der Waals surface area (Å²) in [5.74, 6) is 0.625. The molecule has 2 aromatic rings. The molecule has 0 aromatic heterocycles. The van der Waals surface area contributed by atoms with Crippen LogP contribution < -0.4 is 4.74 Å². The predicted octanol–water partition coefficient (Wildman–Crippen LogP) is 3.85. The maximum atomic E-state index is 13.9. The minimum Gasteiger partial charge on any atom is -0.491 e. The Morgan fingerprint density at radius 3 is 2.68 bits per heavy atom. The highest BCUT2D eigenvalue weighted by Gasteiger charge is 2.30. The van der Waals surface area contributed by atoms with E-state index < -0.39 is 6.10 Å². The predicted molar refractivity (Wildman–Crippen MR) is 97.2 cm³/mol. The third-order valence-corrected chi connectivity index (χ3v) is 4.61. The Labute approximate surface area is 149 Å². The van der Waals surface area contributed by atoms with Crippen LogP contribution in [-0.2, 0) is 6.54 Å². The molecule has 3 nitrogen and oxygen atoms in total. The molecule has 4 heteroatoms. The summed E-state index contributed by atoms with van der Waals surface area (Å²) in [6.45, 7) is 5.27. The van der Waals surface area contributed by atoms with Crippen molar-refractivity contribution in [3.05, 3.63) is 65.0 Å². The van der Waals surface area contributed by atoms with E-state index in [0.717, 1.165) is 29.7 Å². The van der Waals surface area contributed by atoms with Crippen molar-refractivity contribution >= 4 is 0 Å². The van der Waals surface area contributed by atoms with Crippen LogP contribution in [0.4, 0.5) is 4.39 Å². The van der Waals surface area contributed by atoms with Crippen molar-refractivity contribution in [1.29, 1.82) is 0 Å². The first-order chi connectivity index (χ1) is 12.0. The van der Waals surface area contributed by atoms with Crippen LogP contribution in [0.2, 0.25) is 0 Å². The van der Waals surface area contributed by atoms with Crippen molar-refractivity contribution in [2.75, 3.05) is 13.2 Å². The van der Waals surface area contributed by atoms with Crippen molar-refractivity contribution in [2.24, 2.45) is 0 Å². The van der Waals surface area contributed by atoms with E-state index in [1.54, 1.807) is 6.07 Å². The number of aliphatic hydroxyl groups excluding tert-OH is 1. The molecule has 1 aliphatic rings.